The predicted octanol–water partition coefficient (Wildman–Crippen LogP) is 2.92. The van der Waals surface area contributed by atoms with Gasteiger partial charge in [0.1, 0.15) is 12.4 Å². The molecule has 0 saturated carbocycles. The van der Waals surface area contributed by atoms with Crippen LogP contribution in [0, 0.1) is 0 Å². The van der Waals surface area contributed by atoms with Gasteiger partial charge in [-0.05, 0) is 33.1 Å². The van der Waals surface area contributed by atoms with Crippen LogP contribution in [-0.2, 0) is 13.2 Å². The van der Waals surface area contributed by atoms with Gasteiger partial charge in [-0.1, -0.05) is 24.3 Å². The highest BCUT2D eigenvalue weighted by Gasteiger charge is 1.98. The summed E-state index contributed by atoms with van der Waals surface area (Å²) in [6.45, 7) is 0.556. The average Bonchev–Trinajstić information content (AvgIpc) is 2.37. The monoisotopic (exact) mass is 293 g/mol. The van der Waals surface area contributed by atoms with Crippen LogP contribution in [0.25, 0.3) is 0 Å². The fourth-order valence-corrected chi connectivity index (χ4v) is 1.72. The molecule has 1 aromatic heterocycles. The molecule has 88 valence electrons. The lowest BCUT2D eigenvalue weighted by Gasteiger charge is -2.06. The Morgan fingerprint density at radius 3 is 2.47 bits per heavy atom. The molecule has 1 heterocycles. The molecule has 2 aromatic rings. The van der Waals surface area contributed by atoms with Gasteiger partial charge in [0.15, 0.2) is 0 Å². The zero-order valence-corrected chi connectivity index (χ0v) is 10.7. The molecule has 0 aliphatic rings. The minimum atomic E-state index is 0.0662. The van der Waals surface area contributed by atoms with Gasteiger partial charge in [-0.3, -0.25) is 4.98 Å². The summed E-state index contributed by atoms with van der Waals surface area (Å²) in [6.07, 6.45) is 3.38. The first-order chi connectivity index (χ1) is 8.28. The fraction of sp³-hybridized carbons (Fsp3) is 0.154. The van der Waals surface area contributed by atoms with Crippen molar-refractivity contribution in [3.63, 3.8) is 0 Å². The molecule has 0 fully saturated rings. The minimum Gasteiger partial charge on any atom is -0.487 e. The largest absolute Gasteiger partial charge is 0.487 e. The first kappa shape index (κ1) is 12.1. The minimum absolute atomic E-state index is 0.0662. The first-order valence-electron chi connectivity index (χ1n) is 5.20. The van der Waals surface area contributed by atoms with Crippen molar-refractivity contribution in [1.29, 1.82) is 0 Å². The number of rotatable bonds is 4. The Morgan fingerprint density at radius 1 is 1.12 bits per heavy atom. The van der Waals surface area contributed by atoms with Crippen molar-refractivity contribution < 1.29 is 9.84 Å². The summed E-state index contributed by atoms with van der Waals surface area (Å²) >= 11 is 3.34. The van der Waals surface area contributed by atoms with Crippen LogP contribution < -0.4 is 4.74 Å². The Morgan fingerprint density at radius 2 is 1.82 bits per heavy atom. The van der Waals surface area contributed by atoms with E-state index in [-0.39, 0.29) is 6.61 Å². The molecule has 0 radical (unpaired) electrons. The van der Waals surface area contributed by atoms with Gasteiger partial charge in [0.05, 0.1) is 12.8 Å². The lowest BCUT2D eigenvalue weighted by molar-refractivity contribution is 0.281. The van der Waals surface area contributed by atoms with Gasteiger partial charge in [0.2, 0.25) is 0 Å². The van der Waals surface area contributed by atoms with Gasteiger partial charge in [-0.2, -0.15) is 0 Å². The molecule has 0 spiro atoms. The highest BCUT2D eigenvalue weighted by molar-refractivity contribution is 9.10. The molecule has 2 rings (SSSR count). The van der Waals surface area contributed by atoms with Crippen LogP contribution in [-0.4, -0.2) is 10.1 Å². The van der Waals surface area contributed by atoms with E-state index in [2.05, 4.69) is 20.9 Å². The van der Waals surface area contributed by atoms with E-state index in [0.29, 0.717) is 6.61 Å². The second-order valence-corrected chi connectivity index (χ2v) is 4.52. The first-order valence-corrected chi connectivity index (χ1v) is 5.99. The van der Waals surface area contributed by atoms with Crippen molar-refractivity contribution in [3.8, 4) is 5.75 Å². The molecular weight excluding hydrogens is 282 g/mol. The zero-order valence-electron chi connectivity index (χ0n) is 9.14. The van der Waals surface area contributed by atoms with Crippen molar-refractivity contribution in [2.45, 2.75) is 13.2 Å². The molecule has 0 unspecified atom stereocenters. The molecule has 17 heavy (non-hydrogen) atoms. The average molecular weight is 294 g/mol. The Hall–Kier alpha value is -1.39. The van der Waals surface area contributed by atoms with E-state index in [4.69, 9.17) is 9.84 Å². The predicted molar refractivity (Wildman–Crippen MR) is 68.6 cm³/mol. The number of ether oxygens (including phenoxy) is 1. The van der Waals surface area contributed by atoms with E-state index < -0.39 is 0 Å². The SMILES string of the molecule is OCc1ccc(COc2cncc(Br)c2)cc1. The second-order valence-electron chi connectivity index (χ2n) is 3.60. The van der Waals surface area contributed by atoms with E-state index in [1.165, 1.54) is 0 Å². The summed E-state index contributed by atoms with van der Waals surface area (Å²) in [7, 11) is 0. The molecule has 4 heteroatoms. The maximum Gasteiger partial charge on any atom is 0.139 e. The third-order valence-corrected chi connectivity index (χ3v) is 2.72. The van der Waals surface area contributed by atoms with E-state index in [1.54, 1.807) is 12.4 Å². The Kier molecular flexibility index (Phi) is 4.12. The summed E-state index contributed by atoms with van der Waals surface area (Å²) in [5.41, 5.74) is 1.96. The number of hydrogen-bond donors (Lipinski definition) is 1. The van der Waals surface area contributed by atoms with Gasteiger partial charge in [0, 0.05) is 10.7 Å². The molecular formula is C13H12BrNO2. The lowest BCUT2D eigenvalue weighted by Crippen LogP contribution is -1.96. The highest BCUT2D eigenvalue weighted by Crippen LogP contribution is 2.17. The standard InChI is InChI=1S/C13H12BrNO2/c14-12-5-13(7-15-6-12)17-9-11-3-1-10(8-16)2-4-11/h1-7,16H,8-9H2. The number of hydrogen-bond acceptors (Lipinski definition) is 3. The number of aliphatic hydroxyl groups is 1. The number of aliphatic hydroxyl groups excluding tert-OH is 1. The van der Waals surface area contributed by atoms with Crippen LogP contribution >= 0.6 is 15.9 Å². The van der Waals surface area contributed by atoms with Crippen LogP contribution in [0.5, 0.6) is 5.75 Å². The normalized spacial score (nSPS) is 10.2. The summed E-state index contributed by atoms with van der Waals surface area (Å²) < 4.78 is 6.49. The van der Waals surface area contributed by atoms with Gasteiger partial charge in [-0.25, -0.2) is 0 Å². The fourth-order valence-electron chi connectivity index (χ4n) is 1.38. The van der Waals surface area contributed by atoms with Crippen LogP contribution in [0.15, 0.2) is 47.2 Å². The molecule has 0 amide bonds. The Bertz CT molecular complexity index is 485. The maximum atomic E-state index is 8.92. The summed E-state index contributed by atoms with van der Waals surface area (Å²) in [5, 5.41) is 8.92. The molecule has 3 nitrogen and oxygen atoms in total. The van der Waals surface area contributed by atoms with Crippen LogP contribution in [0.1, 0.15) is 11.1 Å². The van der Waals surface area contributed by atoms with Crippen LogP contribution in [0.4, 0.5) is 0 Å². The molecule has 0 aliphatic heterocycles. The summed E-state index contributed by atoms with van der Waals surface area (Å²) in [5.74, 6) is 0.727. The number of aromatic nitrogens is 1. The Balaban J connectivity index is 1.97. The lowest BCUT2D eigenvalue weighted by atomic mass is 10.1. The van der Waals surface area contributed by atoms with E-state index in [0.717, 1.165) is 21.3 Å². The number of nitrogens with zero attached hydrogens (tertiary/aromatic N) is 1. The number of halogens is 1. The molecule has 0 aliphatic carbocycles. The number of pyridine rings is 1. The van der Waals surface area contributed by atoms with Crippen molar-refractivity contribution in [2.75, 3.05) is 0 Å². The molecule has 0 bridgehead atoms. The van der Waals surface area contributed by atoms with Crippen molar-refractivity contribution in [1.82, 2.24) is 4.98 Å². The van der Waals surface area contributed by atoms with E-state index in [1.807, 2.05) is 30.3 Å². The molecule has 0 saturated heterocycles. The third-order valence-electron chi connectivity index (χ3n) is 2.29. The number of benzene rings is 1. The molecule has 0 atom stereocenters. The Labute approximate surface area is 108 Å². The van der Waals surface area contributed by atoms with Crippen LogP contribution in [0.3, 0.4) is 0 Å². The van der Waals surface area contributed by atoms with E-state index >= 15 is 0 Å². The maximum absolute atomic E-state index is 8.92. The summed E-state index contributed by atoms with van der Waals surface area (Å²) in [6, 6.07) is 9.53. The quantitative estimate of drug-likeness (QED) is 0.942. The zero-order chi connectivity index (χ0) is 12.1. The molecule has 1 aromatic carbocycles. The van der Waals surface area contributed by atoms with Crippen LogP contribution in [0.2, 0.25) is 0 Å². The van der Waals surface area contributed by atoms with Gasteiger partial charge < -0.3 is 9.84 Å². The van der Waals surface area contributed by atoms with Gasteiger partial charge in [0.25, 0.3) is 0 Å². The topological polar surface area (TPSA) is 42.4 Å². The summed E-state index contributed by atoms with van der Waals surface area (Å²) in [4.78, 5) is 4.02. The highest BCUT2D eigenvalue weighted by atomic mass is 79.9. The van der Waals surface area contributed by atoms with Crippen molar-refractivity contribution in [2.24, 2.45) is 0 Å². The smallest absolute Gasteiger partial charge is 0.139 e. The van der Waals surface area contributed by atoms with Crippen molar-refractivity contribution in [3.05, 3.63) is 58.3 Å². The van der Waals surface area contributed by atoms with Gasteiger partial charge in [-0.15, -0.1) is 0 Å². The third kappa shape index (κ3) is 3.54. The van der Waals surface area contributed by atoms with Crippen molar-refractivity contribution >= 4 is 15.9 Å². The van der Waals surface area contributed by atoms with E-state index in [9.17, 15) is 0 Å². The van der Waals surface area contributed by atoms with Gasteiger partial charge >= 0.3 is 0 Å². The molecule has 1 N–H and O–H groups in total. The second kappa shape index (κ2) is 5.80.